The molecular formula is C13H26N2. The maximum Gasteiger partial charge on any atom is 0.0269 e. The van der Waals surface area contributed by atoms with Gasteiger partial charge in [0.1, 0.15) is 0 Å². The summed E-state index contributed by atoms with van der Waals surface area (Å²) in [4.78, 5) is 2.72. The van der Waals surface area contributed by atoms with E-state index in [0.717, 1.165) is 18.5 Å². The Hall–Kier alpha value is -0.0800. The maximum atomic E-state index is 5.98. The zero-order chi connectivity index (χ0) is 11.1. The molecule has 2 heteroatoms. The van der Waals surface area contributed by atoms with E-state index in [1.165, 1.54) is 32.2 Å². The molecule has 0 saturated heterocycles. The Labute approximate surface area is 94.2 Å². The van der Waals surface area contributed by atoms with Crippen LogP contribution in [0.4, 0.5) is 0 Å². The Kier molecular flexibility index (Phi) is 3.09. The van der Waals surface area contributed by atoms with Crippen molar-refractivity contribution in [2.24, 2.45) is 17.1 Å². The van der Waals surface area contributed by atoms with Gasteiger partial charge in [0.05, 0.1) is 0 Å². The molecule has 2 fully saturated rings. The van der Waals surface area contributed by atoms with Crippen molar-refractivity contribution in [3.8, 4) is 0 Å². The Bertz CT molecular complexity index is 211. The van der Waals surface area contributed by atoms with Gasteiger partial charge in [0.2, 0.25) is 0 Å². The van der Waals surface area contributed by atoms with Gasteiger partial charge in [-0.05, 0) is 37.0 Å². The second-order valence-electron chi connectivity index (χ2n) is 6.49. The summed E-state index contributed by atoms with van der Waals surface area (Å²) in [7, 11) is 0. The second kappa shape index (κ2) is 4.06. The van der Waals surface area contributed by atoms with Crippen molar-refractivity contribution in [3.63, 3.8) is 0 Å². The number of nitrogens with zero attached hydrogens (tertiary/aromatic N) is 1. The zero-order valence-electron chi connectivity index (χ0n) is 10.5. The van der Waals surface area contributed by atoms with E-state index in [2.05, 4.69) is 25.7 Å². The smallest absolute Gasteiger partial charge is 0.0269 e. The van der Waals surface area contributed by atoms with Gasteiger partial charge in [-0.25, -0.2) is 0 Å². The molecular weight excluding hydrogens is 184 g/mol. The molecule has 0 aliphatic heterocycles. The minimum Gasteiger partial charge on any atom is -0.329 e. The average Bonchev–Trinajstić information content (AvgIpc) is 2.98. The summed E-state index contributed by atoms with van der Waals surface area (Å²) in [6, 6.07) is 1.43. The topological polar surface area (TPSA) is 29.3 Å². The van der Waals surface area contributed by atoms with E-state index in [9.17, 15) is 0 Å². The summed E-state index contributed by atoms with van der Waals surface area (Å²) in [6.45, 7) is 9.10. The third-order valence-corrected chi connectivity index (χ3v) is 3.81. The molecule has 0 aromatic carbocycles. The van der Waals surface area contributed by atoms with Crippen molar-refractivity contribution < 1.29 is 0 Å². The minimum atomic E-state index is 0.326. The normalized spacial score (nSPS) is 24.6. The number of rotatable bonds is 5. The number of hydrogen-bond acceptors (Lipinski definition) is 2. The van der Waals surface area contributed by atoms with Gasteiger partial charge in [-0.3, -0.25) is 4.90 Å². The van der Waals surface area contributed by atoms with Crippen LogP contribution in [0.3, 0.4) is 0 Å². The molecule has 88 valence electrons. The van der Waals surface area contributed by atoms with Gasteiger partial charge in [-0.15, -0.1) is 0 Å². The lowest BCUT2D eigenvalue weighted by molar-refractivity contribution is 0.0920. The molecule has 2 saturated carbocycles. The van der Waals surface area contributed by atoms with Gasteiger partial charge in [0.15, 0.2) is 0 Å². The summed E-state index contributed by atoms with van der Waals surface area (Å²) < 4.78 is 0. The van der Waals surface area contributed by atoms with E-state index in [0.29, 0.717) is 11.5 Å². The van der Waals surface area contributed by atoms with Gasteiger partial charge < -0.3 is 5.73 Å². The van der Waals surface area contributed by atoms with Crippen LogP contribution >= 0.6 is 0 Å². The minimum absolute atomic E-state index is 0.326. The highest BCUT2D eigenvalue weighted by Crippen LogP contribution is 2.39. The lowest BCUT2D eigenvalue weighted by atomic mass is 9.85. The van der Waals surface area contributed by atoms with Gasteiger partial charge in [-0.2, -0.15) is 0 Å². The van der Waals surface area contributed by atoms with Crippen LogP contribution in [0, 0.1) is 11.3 Å². The monoisotopic (exact) mass is 210 g/mol. The quantitative estimate of drug-likeness (QED) is 0.754. The van der Waals surface area contributed by atoms with E-state index in [1.807, 2.05) is 0 Å². The lowest BCUT2D eigenvalue weighted by Crippen LogP contribution is -2.50. The largest absolute Gasteiger partial charge is 0.329 e. The molecule has 1 atom stereocenters. The Morgan fingerprint density at radius 3 is 2.13 bits per heavy atom. The van der Waals surface area contributed by atoms with Crippen molar-refractivity contribution in [1.29, 1.82) is 0 Å². The van der Waals surface area contributed by atoms with Crippen molar-refractivity contribution in [2.45, 2.75) is 58.5 Å². The van der Waals surface area contributed by atoms with Gasteiger partial charge in [0.25, 0.3) is 0 Å². The summed E-state index contributed by atoms with van der Waals surface area (Å²) in [5.74, 6) is 0.988. The number of hydrogen-bond donors (Lipinski definition) is 1. The molecule has 15 heavy (non-hydrogen) atoms. The summed E-state index contributed by atoms with van der Waals surface area (Å²) in [5, 5.41) is 0. The van der Waals surface area contributed by atoms with Crippen LogP contribution in [0.5, 0.6) is 0 Å². The molecule has 2 rings (SSSR count). The van der Waals surface area contributed by atoms with E-state index in [1.54, 1.807) is 0 Å². The molecule has 0 bridgehead atoms. The molecule has 0 aromatic heterocycles. The molecule has 0 heterocycles. The fraction of sp³-hybridized carbons (Fsp3) is 1.00. The van der Waals surface area contributed by atoms with Crippen LogP contribution in [-0.4, -0.2) is 30.1 Å². The third kappa shape index (κ3) is 2.94. The van der Waals surface area contributed by atoms with Crippen molar-refractivity contribution >= 4 is 0 Å². The van der Waals surface area contributed by atoms with E-state index in [-0.39, 0.29) is 0 Å². The van der Waals surface area contributed by atoms with Crippen molar-refractivity contribution in [3.05, 3.63) is 0 Å². The van der Waals surface area contributed by atoms with Crippen LogP contribution in [-0.2, 0) is 0 Å². The summed E-state index contributed by atoms with van der Waals surface area (Å²) >= 11 is 0. The van der Waals surface area contributed by atoms with E-state index >= 15 is 0 Å². The highest BCUT2D eigenvalue weighted by molar-refractivity contribution is 4.95. The molecule has 2 nitrogen and oxygen atoms in total. The first-order valence-corrected chi connectivity index (χ1v) is 6.48. The molecule has 2 aliphatic carbocycles. The molecule has 0 radical (unpaired) electrons. The Balaban J connectivity index is 1.99. The van der Waals surface area contributed by atoms with Gasteiger partial charge in [0, 0.05) is 25.2 Å². The predicted octanol–water partition coefficient (Wildman–Crippen LogP) is 2.23. The predicted molar refractivity (Wildman–Crippen MR) is 64.7 cm³/mol. The van der Waals surface area contributed by atoms with E-state index in [4.69, 9.17) is 5.73 Å². The standard InChI is InChI=1S/C13H26N2/c1-13(2,3)12(8-14)15(11-6-7-11)9-10-4-5-10/h10-12H,4-9,14H2,1-3H3. The molecule has 0 aromatic rings. The lowest BCUT2D eigenvalue weighted by Gasteiger charge is -2.40. The molecule has 0 spiro atoms. The molecule has 2 N–H and O–H groups in total. The van der Waals surface area contributed by atoms with Crippen LogP contribution in [0.15, 0.2) is 0 Å². The second-order valence-corrected chi connectivity index (χ2v) is 6.49. The van der Waals surface area contributed by atoms with Gasteiger partial charge >= 0.3 is 0 Å². The number of nitrogens with two attached hydrogens (primary N) is 1. The van der Waals surface area contributed by atoms with Crippen LogP contribution in [0.2, 0.25) is 0 Å². The first-order valence-electron chi connectivity index (χ1n) is 6.48. The Morgan fingerprint density at radius 2 is 1.80 bits per heavy atom. The molecule has 0 amide bonds. The van der Waals surface area contributed by atoms with E-state index < -0.39 is 0 Å². The summed E-state index contributed by atoms with van der Waals surface area (Å²) in [5.41, 5.74) is 6.31. The van der Waals surface area contributed by atoms with Crippen LogP contribution < -0.4 is 5.73 Å². The van der Waals surface area contributed by atoms with Crippen molar-refractivity contribution in [1.82, 2.24) is 4.90 Å². The maximum absolute atomic E-state index is 5.98. The average molecular weight is 210 g/mol. The SMILES string of the molecule is CC(C)(C)C(CN)N(CC1CC1)C1CC1. The highest BCUT2D eigenvalue weighted by Gasteiger charge is 2.40. The van der Waals surface area contributed by atoms with Gasteiger partial charge in [-0.1, -0.05) is 20.8 Å². The first-order chi connectivity index (χ1) is 7.02. The van der Waals surface area contributed by atoms with Crippen LogP contribution in [0.25, 0.3) is 0 Å². The third-order valence-electron chi connectivity index (χ3n) is 3.81. The zero-order valence-corrected chi connectivity index (χ0v) is 10.5. The highest BCUT2D eigenvalue weighted by atomic mass is 15.2. The molecule has 1 unspecified atom stereocenters. The first kappa shape index (κ1) is 11.4. The summed E-state index contributed by atoms with van der Waals surface area (Å²) in [6.07, 6.45) is 5.70. The fourth-order valence-electron chi connectivity index (χ4n) is 2.52. The van der Waals surface area contributed by atoms with Crippen LogP contribution in [0.1, 0.15) is 46.5 Å². The fourth-order valence-corrected chi connectivity index (χ4v) is 2.52. The Morgan fingerprint density at radius 1 is 1.20 bits per heavy atom. The molecule has 2 aliphatic rings. The van der Waals surface area contributed by atoms with Crippen molar-refractivity contribution in [2.75, 3.05) is 13.1 Å².